The topological polar surface area (TPSA) is 85.5 Å². The molecular formula is C15H19NO5. The van der Waals surface area contributed by atoms with Crippen molar-refractivity contribution in [3.63, 3.8) is 0 Å². The summed E-state index contributed by atoms with van der Waals surface area (Å²) in [5, 5.41) is 0. The Bertz CT molecular complexity index is 581. The number of aromatic nitrogens is 1. The molecule has 1 N–H and O–H groups in total. The summed E-state index contributed by atoms with van der Waals surface area (Å²) in [6, 6.07) is 0. The molecule has 0 spiro atoms. The van der Waals surface area contributed by atoms with Crippen molar-refractivity contribution in [2.75, 3.05) is 13.2 Å². The van der Waals surface area contributed by atoms with Crippen molar-refractivity contribution in [2.24, 2.45) is 0 Å². The fraction of sp³-hybridized carbons (Fsp3) is 0.533. The summed E-state index contributed by atoms with van der Waals surface area (Å²) in [4.78, 5) is 38.2. The van der Waals surface area contributed by atoms with E-state index in [0.29, 0.717) is 35.5 Å². The molecule has 6 nitrogen and oxygen atoms in total. The van der Waals surface area contributed by atoms with Crippen LogP contribution in [0.1, 0.15) is 51.9 Å². The maximum atomic E-state index is 12.1. The molecule has 1 aliphatic heterocycles. The van der Waals surface area contributed by atoms with E-state index >= 15 is 0 Å². The fourth-order valence-corrected chi connectivity index (χ4v) is 2.62. The van der Waals surface area contributed by atoms with Crippen molar-refractivity contribution >= 4 is 17.5 Å². The normalized spacial score (nSPS) is 17.8. The first kappa shape index (κ1) is 15.4. The highest BCUT2D eigenvalue weighted by molar-refractivity contribution is 6.04. The van der Waals surface area contributed by atoms with Crippen molar-refractivity contribution in [1.29, 1.82) is 0 Å². The molecule has 1 atom stereocenters. The van der Waals surface area contributed by atoms with Gasteiger partial charge in [-0.3, -0.25) is 9.59 Å². The third kappa shape index (κ3) is 3.21. The lowest BCUT2D eigenvalue weighted by molar-refractivity contribution is -0.153. The number of ether oxygens (including phenoxy) is 2. The van der Waals surface area contributed by atoms with Gasteiger partial charge in [0, 0.05) is 17.9 Å². The van der Waals surface area contributed by atoms with Gasteiger partial charge in [-0.05, 0) is 39.2 Å². The van der Waals surface area contributed by atoms with Crippen molar-refractivity contribution in [1.82, 2.24) is 4.98 Å². The Hall–Kier alpha value is -1.95. The van der Waals surface area contributed by atoms with E-state index in [-0.39, 0.29) is 18.2 Å². The number of rotatable bonds is 5. The highest BCUT2D eigenvalue weighted by Gasteiger charge is 2.26. The number of nitrogens with one attached hydrogen (secondary N) is 1. The molecule has 0 aromatic carbocycles. The first-order valence-corrected chi connectivity index (χ1v) is 6.93. The highest BCUT2D eigenvalue weighted by atomic mass is 16.6. The minimum atomic E-state index is -0.558. The Labute approximate surface area is 122 Å². The second-order valence-corrected chi connectivity index (χ2v) is 5.21. The zero-order valence-corrected chi connectivity index (χ0v) is 12.4. The number of esters is 1. The van der Waals surface area contributed by atoms with Crippen LogP contribution in [0.15, 0.2) is 0 Å². The van der Waals surface area contributed by atoms with Gasteiger partial charge >= 0.3 is 5.97 Å². The molecular weight excluding hydrogens is 274 g/mol. The molecule has 0 radical (unpaired) electrons. The zero-order chi connectivity index (χ0) is 15.6. The van der Waals surface area contributed by atoms with Crippen molar-refractivity contribution in [3.8, 4) is 0 Å². The monoisotopic (exact) mass is 293 g/mol. The first-order chi connectivity index (χ1) is 9.91. The van der Waals surface area contributed by atoms with Gasteiger partial charge in [-0.1, -0.05) is 0 Å². The second-order valence-electron chi connectivity index (χ2n) is 5.21. The Morgan fingerprint density at radius 3 is 2.57 bits per heavy atom. The summed E-state index contributed by atoms with van der Waals surface area (Å²) in [6.45, 7) is 5.09. The number of hydrogen-bond acceptors (Lipinski definition) is 5. The Morgan fingerprint density at radius 2 is 2.05 bits per heavy atom. The molecule has 6 heteroatoms. The van der Waals surface area contributed by atoms with Crippen LogP contribution in [0.5, 0.6) is 0 Å². The van der Waals surface area contributed by atoms with Gasteiger partial charge in [0.2, 0.25) is 5.78 Å². The number of aromatic amines is 1. The predicted octanol–water partition coefficient (Wildman–Crippen LogP) is 1.74. The van der Waals surface area contributed by atoms with E-state index in [1.165, 1.54) is 6.92 Å². The number of carbonyl (C=O) groups excluding carboxylic acids is 3. The molecule has 1 aliphatic rings. The summed E-state index contributed by atoms with van der Waals surface area (Å²) >= 11 is 0. The van der Waals surface area contributed by atoms with Crippen LogP contribution in [0.2, 0.25) is 0 Å². The molecule has 0 unspecified atom stereocenters. The number of ketones is 2. The Kier molecular flexibility index (Phi) is 4.57. The third-order valence-corrected chi connectivity index (χ3v) is 3.61. The van der Waals surface area contributed by atoms with Crippen LogP contribution in [0.3, 0.4) is 0 Å². The maximum absolute atomic E-state index is 12.1. The molecule has 1 aromatic heterocycles. The molecule has 114 valence electrons. The van der Waals surface area contributed by atoms with E-state index in [2.05, 4.69) is 4.98 Å². The quantitative estimate of drug-likeness (QED) is 0.660. The Balaban J connectivity index is 2.02. The van der Waals surface area contributed by atoms with Crippen LogP contribution in [-0.4, -0.2) is 41.8 Å². The largest absolute Gasteiger partial charge is 0.455 e. The first-order valence-electron chi connectivity index (χ1n) is 6.93. The van der Waals surface area contributed by atoms with Crippen molar-refractivity contribution < 1.29 is 23.9 Å². The minimum Gasteiger partial charge on any atom is -0.455 e. The summed E-state index contributed by atoms with van der Waals surface area (Å²) in [5.74, 6) is -0.959. The summed E-state index contributed by atoms with van der Waals surface area (Å²) in [7, 11) is 0. The average molecular weight is 293 g/mol. The summed E-state index contributed by atoms with van der Waals surface area (Å²) in [6.07, 6.45) is 0.893. The standard InChI is InChI=1S/C15H19NO5/c1-8-13(10(3)17)9(2)16-14(8)11(18)7-21-15(19)12-5-4-6-20-12/h12,16H,4-7H2,1-3H3/t12-/m0/s1. The summed E-state index contributed by atoms with van der Waals surface area (Å²) < 4.78 is 10.2. The molecule has 0 bridgehead atoms. The van der Waals surface area contributed by atoms with Crippen LogP contribution in [-0.2, 0) is 14.3 Å². The second kappa shape index (κ2) is 6.22. The zero-order valence-electron chi connectivity index (χ0n) is 12.4. The lowest BCUT2D eigenvalue weighted by Crippen LogP contribution is -2.25. The van der Waals surface area contributed by atoms with Gasteiger partial charge in [0.25, 0.3) is 0 Å². The molecule has 1 saturated heterocycles. The van der Waals surface area contributed by atoms with Gasteiger partial charge in [0.1, 0.15) is 0 Å². The number of H-pyrrole nitrogens is 1. The lowest BCUT2D eigenvalue weighted by Gasteiger charge is -2.08. The highest BCUT2D eigenvalue weighted by Crippen LogP contribution is 2.19. The van der Waals surface area contributed by atoms with Gasteiger partial charge in [0.15, 0.2) is 18.5 Å². The van der Waals surface area contributed by atoms with Crippen molar-refractivity contribution in [2.45, 2.75) is 39.7 Å². The lowest BCUT2D eigenvalue weighted by atomic mass is 10.1. The Morgan fingerprint density at radius 1 is 1.33 bits per heavy atom. The number of carbonyl (C=O) groups is 3. The fourth-order valence-electron chi connectivity index (χ4n) is 2.62. The van der Waals surface area contributed by atoms with Gasteiger partial charge in [0.05, 0.1) is 5.69 Å². The smallest absolute Gasteiger partial charge is 0.335 e. The molecule has 2 rings (SSSR count). The molecule has 0 saturated carbocycles. The van der Waals surface area contributed by atoms with Gasteiger partial charge < -0.3 is 14.5 Å². The van der Waals surface area contributed by atoms with Gasteiger partial charge in [-0.25, -0.2) is 4.79 Å². The van der Waals surface area contributed by atoms with E-state index in [4.69, 9.17) is 9.47 Å². The number of Topliss-reactive ketones (excluding diaryl/α,β-unsaturated/α-hetero) is 2. The number of aryl methyl sites for hydroxylation is 1. The molecule has 0 amide bonds. The third-order valence-electron chi connectivity index (χ3n) is 3.61. The van der Waals surface area contributed by atoms with E-state index < -0.39 is 12.1 Å². The minimum absolute atomic E-state index is 0.100. The average Bonchev–Trinajstić information content (AvgIpc) is 3.03. The molecule has 0 aliphatic carbocycles. The van der Waals surface area contributed by atoms with Crippen LogP contribution >= 0.6 is 0 Å². The van der Waals surface area contributed by atoms with E-state index in [0.717, 1.165) is 6.42 Å². The SMILES string of the molecule is CC(=O)c1c(C)[nH]c(C(=O)COC(=O)[C@@H]2CCCO2)c1C. The van der Waals surface area contributed by atoms with Crippen LogP contribution < -0.4 is 0 Å². The van der Waals surface area contributed by atoms with Crippen LogP contribution in [0.4, 0.5) is 0 Å². The van der Waals surface area contributed by atoms with Gasteiger partial charge in [-0.15, -0.1) is 0 Å². The van der Waals surface area contributed by atoms with Crippen LogP contribution in [0.25, 0.3) is 0 Å². The van der Waals surface area contributed by atoms with E-state index in [9.17, 15) is 14.4 Å². The van der Waals surface area contributed by atoms with E-state index in [1.807, 2.05) is 0 Å². The summed E-state index contributed by atoms with van der Waals surface area (Å²) in [5.41, 5.74) is 2.08. The van der Waals surface area contributed by atoms with Gasteiger partial charge in [-0.2, -0.15) is 0 Å². The number of hydrogen-bond donors (Lipinski definition) is 1. The maximum Gasteiger partial charge on any atom is 0.335 e. The predicted molar refractivity (Wildman–Crippen MR) is 74.5 cm³/mol. The van der Waals surface area contributed by atoms with Crippen molar-refractivity contribution in [3.05, 3.63) is 22.5 Å². The molecule has 2 heterocycles. The van der Waals surface area contributed by atoms with Crippen LogP contribution in [0, 0.1) is 13.8 Å². The molecule has 1 aromatic rings. The molecule has 1 fully saturated rings. The van der Waals surface area contributed by atoms with E-state index in [1.54, 1.807) is 13.8 Å². The molecule has 21 heavy (non-hydrogen) atoms.